The van der Waals surface area contributed by atoms with E-state index in [2.05, 4.69) is 42.2 Å². The molecule has 2 aromatic rings. The molecule has 0 aliphatic heterocycles. The minimum atomic E-state index is -0.160. The fraction of sp³-hybridized carbons (Fsp3) is 0. The van der Waals surface area contributed by atoms with Crippen molar-refractivity contribution >= 4 is 54.9 Å². The number of halogens is 2. The Morgan fingerprint density at radius 2 is 2.19 bits per heavy atom. The van der Waals surface area contributed by atoms with Crippen LogP contribution in [0.15, 0.2) is 38.0 Å². The maximum Gasteiger partial charge on any atom is 0.257 e. The van der Waals surface area contributed by atoms with Gasteiger partial charge in [-0.3, -0.25) is 4.79 Å². The van der Waals surface area contributed by atoms with Gasteiger partial charge in [0, 0.05) is 16.0 Å². The molecular formula is C10H6Br2N2OS. The molecule has 2 rings (SSSR count). The second-order valence-electron chi connectivity index (χ2n) is 2.95. The van der Waals surface area contributed by atoms with Crippen molar-refractivity contribution in [2.24, 2.45) is 0 Å². The van der Waals surface area contributed by atoms with Gasteiger partial charge in [0.25, 0.3) is 5.91 Å². The maximum absolute atomic E-state index is 11.8. The number of pyridine rings is 1. The van der Waals surface area contributed by atoms with Crippen LogP contribution in [0.5, 0.6) is 0 Å². The molecule has 0 aliphatic carbocycles. The number of aromatic nitrogens is 1. The quantitative estimate of drug-likeness (QED) is 0.880. The summed E-state index contributed by atoms with van der Waals surface area (Å²) >= 11 is 8.10. The van der Waals surface area contributed by atoms with E-state index in [1.165, 1.54) is 11.3 Å². The van der Waals surface area contributed by atoms with Gasteiger partial charge in [0.1, 0.15) is 5.82 Å². The van der Waals surface area contributed by atoms with Gasteiger partial charge in [-0.15, -0.1) is 11.3 Å². The Bertz CT molecular complexity index is 527. The minimum Gasteiger partial charge on any atom is -0.307 e. The van der Waals surface area contributed by atoms with E-state index in [0.29, 0.717) is 11.4 Å². The Kier molecular flexibility index (Phi) is 3.73. The number of hydrogen-bond acceptors (Lipinski definition) is 3. The van der Waals surface area contributed by atoms with E-state index in [0.717, 1.165) is 8.26 Å². The van der Waals surface area contributed by atoms with Gasteiger partial charge < -0.3 is 5.32 Å². The van der Waals surface area contributed by atoms with E-state index >= 15 is 0 Å². The van der Waals surface area contributed by atoms with Crippen LogP contribution in [-0.4, -0.2) is 10.9 Å². The van der Waals surface area contributed by atoms with Crippen LogP contribution in [0.3, 0.4) is 0 Å². The molecular weight excluding hydrogens is 356 g/mol. The van der Waals surface area contributed by atoms with Crippen LogP contribution in [0.25, 0.3) is 0 Å². The highest BCUT2D eigenvalue weighted by molar-refractivity contribution is 9.11. The topological polar surface area (TPSA) is 42.0 Å². The fourth-order valence-electron chi connectivity index (χ4n) is 1.09. The zero-order chi connectivity index (χ0) is 11.5. The predicted molar refractivity (Wildman–Crippen MR) is 71.9 cm³/mol. The zero-order valence-electron chi connectivity index (χ0n) is 7.91. The molecule has 0 aromatic carbocycles. The Hall–Kier alpha value is -0.720. The van der Waals surface area contributed by atoms with Crippen molar-refractivity contribution in [3.05, 3.63) is 43.6 Å². The van der Waals surface area contributed by atoms with E-state index < -0.39 is 0 Å². The molecule has 0 spiro atoms. The van der Waals surface area contributed by atoms with E-state index in [4.69, 9.17) is 0 Å². The molecule has 1 N–H and O–H groups in total. The maximum atomic E-state index is 11.8. The van der Waals surface area contributed by atoms with Crippen molar-refractivity contribution in [3.63, 3.8) is 0 Å². The first-order valence-electron chi connectivity index (χ1n) is 4.32. The average molecular weight is 362 g/mol. The van der Waals surface area contributed by atoms with Gasteiger partial charge in [0.2, 0.25) is 0 Å². The monoisotopic (exact) mass is 360 g/mol. The third-order valence-corrected chi connectivity index (χ3v) is 3.79. The summed E-state index contributed by atoms with van der Waals surface area (Å²) in [6.07, 6.45) is 1.63. The summed E-state index contributed by atoms with van der Waals surface area (Å²) < 4.78 is 1.81. The molecule has 0 radical (unpaired) electrons. The van der Waals surface area contributed by atoms with Gasteiger partial charge in [-0.1, -0.05) is 15.9 Å². The average Bonchev–Trinajstić information content (AvgIpc) is 2.65. The summed E-state index contributed by atoms with van der Waals surface area (Å²) in [7, 11) is 0. The summed E-state index contributed by atoms with van der Waals surface area (Å²) in [5.41, 5.74) is 0.624. The van der Waals surface area contributed by atoms with Crippen LogP contribution < -0.4 is 5.32 Å². The van der Waals surface area contributed by atoms with E-state index in [-0.39, 0.29) is 5.91 Å². The highest BCUT2D eigenvalue weighted by atomic mass is 79.9. The number of nitrogens with zero attached hydrogens (tertiary/aromatic N) is 1. The molecule has 0 bridgehead atoms. The number of amides is 1. The fourth-order valence-corrected chi connectivity index (χ4v) is 2.56. The van der Waals surface area contributed by atoms with Gasteiger partial charge in [0.05, 0.1) is 9.35 Å². The van der Waals surface area contributed by atoms with Gasteiger partial charge in [-0.05, 0) is 34.1 Å². The van der Waals surface area contributed by atoms with Crippen LogP contribution in [0.1, 0.15) is 10.4 Å². The van der Waals surface area contributed by atoms with Gasteiger partial charge in [-0.2, -0.15) is 0 Å². The lowest BCUT2D eigenvalue weighted by Gasteiger charge is -2.02. The Balaban J connectivity index is 2.13. The molecule has 0 aliphatic rings. The molecule has 16 heavy (non-hydrogen) atoms. The summed E-state index contributed by atoms with van der Waals surface area (Å²) in [5.74, 6) is 0.370. The van der Waals surface area contributed by atoms with Gasteiger partial charge >= 0.3 is 0 Å². The Labute approximate surface area is 113 Å². The molecule has 0 unspecified atom stereocenters. The van der Waals surface area contributed by atoms with Crippen molar-refractivity contribution < 1.29 is 4.79 Å². The highest BCUT2D eigenvalue weighted by Gasteiger charge is 2.08. The molecule has 0 atom stereocenters. The first-order valence-corrected chi connectivity index (χ1v) is 6.78. The van der Waals surface area contributed by atoms with E-state index in [1.807, 2.05) is 0 Å². The first-order chi connectivity index (χ1) is 7.65. The van der Waals surface area contributed by atoms with Crippen molar-refractivity contribution in [3.8, 4) is 0 Å². The molecule has 6 heteroatoms. The number of rotatable bonds is 2. The van der Waals surface area contributed by atoms with Crippen molar-refractivity contribution in [2.45, 2.75) is 0 Å². The summed E-state index contributed by atoms with van der Waals surface area (Å²) in [6.45, 7) is 0. The van der Waals surface area contributed by atoms with Crippen LogP contribution in [0, 0.1) is 0 Å². The number of carbonyl (C=O) groups excluding carboxylic acids is 1. The van der Waals surface area contributed by atoms with E-state index in [9.17, 15) is 4.79 Å². The molecule has 0 saturated heterocycles. The second-order valence-corrected chi connectivity index (χ2v) is 6.16. The highest BCUT2D eigenvalue weighted by Crippen LogP contribution is 2.21. The lowest BCUT2D eigenvalue weighted by molar-refractivity contribution is 0.102. The summed E-state index contributed by atoms with van der Waals surface area (Å²) in [6, 6.07) is 5.33. The normalized spacial score (nSPS) is 10.1. The largest absolute Gasteiger partial charge is 0.307 e. The molecule has 1 amide bonds. The van der Waals surface area contributed by atoms with Crippen LogP contribution >= 0.6 is 43.2 Å². The van der Waals surface area contributed by atoms with Crippen LogP contribution in [0.2, 0.25) is 0 Å². The zero-order valence-corrected chi connectivity index (χ0v) is 11.9. The predicted octanol–water partition coefficient (Wildman–Crippen LogP) is 3.92. The molecule has 3 nitrogen and oxygen atoms in total. The van der Waals surface area contributed by atoms with Gasteiger partial charge in [0.15, 0.2) is 0 Å². The van der Waals surface area contributed by atoms with Crippen LogP contribution in [-0.2, 0) is 0 Å². The molecule has 0 fully saturated rings. The number of thiophene rings is 1. The van der Waals surface area contributed by atoms with Crippen molar-refractivity contribution in [1.29, 1.82) is 0 Å². The van der Waals surface area contributed by atoms with Crippen molar-refractivity contribution in [1.82, 2.24) is 4.98 Å². The lowest BCUT2D eigenvalue weighted by atomic mass is 10.3. The number of carbonyl (C=O) groups is 1. The Morgan fingerprint density at radius 1 is 1.38 bits per heavy atom. The molecule has 2 heterocycles. The first kappa shape index (κ1) is 11.8. The smallest absolute Gasteiger partial charge is 0.257 e. The molecule has 82 valence electrons. The van der Waals surface area contributed by atoms with Gasteiger partial charge in [-0.25, -0.2) is 4.98 Å². The minimum absolute atomic E-state index is 0.160. The SMILES string of the molecule is O=C(Nc1cc(Br)ccn1)c1csc(Br)c1. The number of hydrogen-bond donors (Lipinski definition) is 1. The Morgan fingerprint density at radius 3 is 2.81 bits per heavy atom. The molecule has 2 aromatic heterocycles. The van der Waals surface area contributed by atoms with Crippen molar-refractivity contribution in [2.75, 3.05) is 5.32 Å². The summed E-state index contributed by atoms with van der Waals surface area (Å²) in [5, 5.41) is 4.51. The van der Waals surface area contributed by atoms with E-state index in [1.54, 1.807) is 29.8 Å². The molecule has 0 saturated carbocycles. The van der Waals surface area contributed by atoms with Crippen LogP contribution in [0.4, 0.5) is 5.82 Å². The standard InChI is InChI=1S/C10H6Br2N2OS/c11-7-1-2-13-9(4-7)14-10(15)6-3-8(12)16-5-6/h1-5H,(H,13,14,15). The second kappa shape index (κ2) is 5.07. The number of nitrogens with one attached hydrogen (secondary N) is 1. The third kappa shape index (κ3) is 2.90. The number of anilines is 1. The summed E-state index contributed by atoms with van der Waals surface area (Å²) in [4.78, 5) is 15.8. The lowest BCUT2D eigenvalue weighted by Crippen LogP contribution is -2.11. The third-order valence-electron chi connectivity index (χ3n) is 1.79.